The van der Waals surface area contributed by atoms with Crippen molar-refractivity contribution >= 4 is 23.5 Å². The molecule has 25 heavy (non-hydrogen) atoms. The molecule has 1 N–H and O–H groups in total. The van der Waals surface area contributed by atoms with Gasteiger partial charge in [0.05, 0.1) is 18.6 Å². The number of hydrogen-bond donors (Lipinski definition) is 1. The van der Waals surface area contributed by atoms with Crippen LogP contribution in [0, 0.1) is 28.6 Å². The number of carbonyl (C=O) groups is 2. The van der Waals surface area contributed by atoms with Crippen LogP contribution in [0.2, 0.25) is 0 Å². The molecule has 0 unspecified atom stereocenters. The summed E-state index contributed by atoms with van der Waals surface area (Å²) in [5, 5.41) is 9.69. The summed E-state index contributed by atoms with van der Waals surface area (Å²) in [6.45, 7) is 5.15. The fourth-order valence-corrected chi connectivity index (χ4v) is 7.40. The Morgan fingerprint density at radius 3 is 2.80 bits per heavy atom. The summed E-state index contributed by atoms with van der Waals surface area (Å²) >= 11 is 1.82. The van der Waals surface area contributed by atoms with Crippen molar-refractivity contribution in [3.63, 3.8) is 0 Å². The lowest BCUT2D eigenvalue weighted by Gasteiger charge is -2.58. The quantitative estimate of drug-likeness (QED) is 0.780. The molecule has 0 aromatic rings. The van der Waals surface area contributed by atoms with Crippen molar-refractivity contribution in [2.45, 2.75) is 51.2 Å². The Hall–Kier alpha value is -0.810. The molecule has 1 saturated heterocycles. The summed E-state index contributed by atoms with van der Waals surface area (Å²) in [4.78, 5) is 24.4. The molecule has 6 atom stereocenters. The number of allylic oxidation sites excluding steroid dienone is 2. The Balaban J connectivity index is 1.73. The second kappa shape index (κ2) is 6.12. The number of cyclic esters (lactones) is 1. The second-order valence-electron chi connectivity index (χ2n) is 8.74. The molecule has 0 radical (unpaired) electrons. The molecule has 3 aliphatic carbocycles. The van der Waals surface area contributed by atoms with E-state index in [9.17, 15) is 14.7 Å². The van der Waals surface area contributed by atoms with E-state index in [1.807, 2.05) is 17.8 Å². The van der Waals surface area contributed by atoms with Gasteiger partial charge in [-0.25, -0.2) is 0 Å². The number of aliphatic hydroxyl groups excluding tert-OH is 1. The molecular weight excluding hydrogens is 336 g/mol. The van der Waals surface area contributed by atoms with Crippen molar-refractivity contribution in [1.82, 2.24) is 0 Å². The Labute approximate surface area is 153 Å². The van der Waals surface area contributed by atoms with Crippen LogP contribution in [-0.4, -0.2) is 41.1 Å². The average molecular weight is 365 g/mol. The van der Waals surface area contributed by atoms with E-state index in [-0.39, 0.29) is 35.1 Å². The molecule has 0 bridgehead atoms. The van der Waals surface area contributed by atoms with Gasteiger partial charge in [0, 0.05) is 23.3 Å². The van der Waals surface area contributed by atoms with Gasteiger partial charge in [-0.15, -0.1) is 0 Å². The normalized spacial score (nSPS) is 46.0. The van der Waals surface area contributed by atoms with Crippen molar-refractivity contribution in [1.29, 1.82) is 0 Å². The topological polar surface area (TPSA) is 63.6 Å². The fourth-order valence-electron chi connectivity index (χ4n) is 6.10. The molecule has 4 rings (SSSR count). The molecule has 5 heteroatoms. The smallest absolute Gasteiger partial charge is 0.312 e. The predicted octanol–water partition coefficient (Wildman–Crippen LogP) is 2.99. The van der Waals surface area contributed by atoms with Crippen molar-refractivity contribution in [2.75, 3.05) is 19.0 Å². The molecule has 4 aliphatic rings. The van der Waals surface area contributed by atoms with Crippen molar-refractivity contribution in [3.05, 3.63) is 11.6 Å². The van der Waals surface area contributed by atoms with Crippen molar-refractivity contribution in [3.8, 4) is 0 Å². The zero-order valence-corrected chi connectivity index (χ0v) is 15.9. The molecule has 2 saturated carbocycles. The highest BCUT2D eigenvalue weighted by molar-refractivity contribution is 7.99. The molecule has 0 aromatic carbocycles. The zero-order valence-electron chi connectivity index (χ0n) is 15.1. The maximum atomic E-state index is 12.4. The molecule has 0 spiro atoms. The number of fused-ring (bicyclic) bond motifs is 5. The largest absolute Gasteiger partial charge is 0.465 e. The van der Waals surface area contributed by atoms with Gasteiger partial charge in [-0.3, -0.25) is 9.59 Å². The second-order valence-corrected chi connectivity index (χ2v) is 10.1. The van der Waals surface area contributed by atoms with Crippen LogP contribution in [0.25, 0.3) is 0 Å². The van der Waals surface area contributed by atoms with Gasteiger partial charge >= 0.3 is 5.97 Å². The van der Waals surface area contributed by atoms with Crippen LogP contribution in [0.1, 0.15) is 46.0 Å². The first-order valence-corrected chi connectivity index (χ1v) is 10.6. The van der Waals surface area contributed by atoms with E-state index < -0.39 is 0 Å². The van der Waals surface area contributed by atoms with E-state index in [1.54, 1.807) is 0 Å². The van der Waals surface area contributed by atoms with Gasteiger partial charge < -0.3 is 9.84 Å². The molecule has 4 nitrogen and oxygen atoms in total. The predicted molar refractivity (Wildman–Crippen MR) is 97.1 cm³/mol. The number of hydrogen-bond acceptors (Lipinski definition) is 5. The third-order valence-corrected chi connectivity index (χ3v) is 8.96. The lowest BCUT2D eigenvalue weighted by molar-refractivity contribution is -0.148. The summed E-state index contributed by atoms with van der Waals surface area (Å²) in [7, 11) is 0. The lowest BCUT2D eigenvalue weighted by atomic mass is 9.47. The van der Waals surface area contributed by atoms with Crippen LogP contribution < -0.4 is 0 Å². The highest BCUT2D eigenvalue weighted by Gasteiger charge is 2.62. The summed E-state index contributed by atoms with van der Waals surface area (Å²) in [6.07, 6.45) is 6.34. The lowest BCUT2D eigenvalue weighted by Crippen LogP contribution is -2.55. The van der Waals surface area contributed by atoms with Crippen LogP contribution >= 0.6 is 11.8 Å². The van der Waals surface area contributed by atoms with E-state index >= 15 is 0 Å². The number of aliphatic hydroxyl groups is 1. The number of thioether (sulfide) groups is 1. The molecule has 0 amide bonds. The highest BCUT2D eigenvalue weighted by Crippen LogP contribution is 2.64. The van der Waals surface area contributed by atoms with Crippen molar-refractivity contribution in [2.24, 2.45) is 28.6 Å². The van der Waals surface area contributed by atoms with Crippen LogP contribution in [-0.2, 0) is 14.3 Å². The minimum atomic E-state index is -0.346. The van der Waals surface area contributed by atoms with E-state index in [1.165, 1.54) is 5.57 Å². The minimum Gasteiger partial charge on any atom is -0.465 e. The summed E-state index contributed by atoms with van der Waals surface area (Å²) in [5.41, 5.74) is 1.05. The maximum absolute atomic E-state index is 12.4. The van der Waals surface area contributed by atoms with E-state index in [0.29, 0.717) is 35.9 Å². The fraction of sp³-hybridized carbons (Fsp3) is 0.800. The SMILES string of the molecule is C[C@]12CCC(=O)C=C1C[C@@H](SCCO)[C@@H]1[C@@H]2CC[C@]2(C)C(=O)OC[C@@H]12. The van der Waals surface area contributed by atoms with Crippen LogP contribution in [0.15, 0.2) is 11.6 Å². The molecule has 3 fully saturated rings. The van der Waals surface area contributed by atoms with Crippen LogP contribution in [0.4, 0.5) is 0 Å². The minimum absolute atomic E-state index is 0.0211. The van der Waals surface area contributed by atoms with Gasteiger partial charge in [-0.1, -0.05) is 12.5 Å². The third kappa shape index (κ3) is 2.53. The van der Waals surface area contributed by atoms with Gasteiger partial charge in [0.15, 0.2) is 5.78 Å². The van der Waals surface area contributed by atoms with E-state index in [0.717, 1.165) is 25.7 Å². The number of ketones is 1. The Morgan fingerprint density at radius 2 is 2.04 bits per heavy atom. The Kier molecular flexibility index (Phi) is 4.31. The van der Waals surface area contributed by atoms with Gasteiger partial charge in [-0.2, -0.15) is 11.8 Å². The van der Waals surface area contributed by atoms with E-state index in [2.05, 4.69) is 13.8 Å². The first-order chi connectivity index (χ1) is 11.9. The van der Waals surface area contributed by atoms with E-state index in [4.69, 9.17) is 4.74 Å². The summed E-state index contributed by atoms with van der Waals surface area (Å²) < 4.78 is 5.52. The number of carbonyl (C=O) groups excluding carboxylic acids is 2. The third-order valence-electron chi connectivity index (χ3n) is 7.63. The molecule has 1 aliphatic heterocycles. The van der Waals surface area contributed by atoms with Gasteiger partial charge in [0.1, 0.15) is 0 Å². The number of ether oxygens (including phenoxy) is 1. The average Bonchev–Trinajstić information content (AvgIpc) is 2.89. The summed E-state index contributed by atoms with van der Waals surface area (Å²) in [6, 6.07) is 0. The Morgan fingerprint density at radius 1 is 1.24 bits per heavy atom. The number of rotatable bonds is 3. The molecular formula is C20H28O4S. The monoisotopic (exact) mass is 364 g/mol. The van der Waals surface area contributed by atoms with Gasteiger partial charge in [0.25, 0.3) is 0 Å². The number of esters is 1. The molecule has 138 valence electrons. The first kappa shape index (κ1) is 17.6. The zero-order chi connectivity index (χ0) is 17.8. The maximum Gasteiger partial charge on any atom is 0.312 e. The van der Waals surface area contributed by atoms with Gasteiger partial charge in [-0.05, 0) is 55.9 Å². The molecule has 1 heterocycles. The highest BCUT2D eigenvalue weighted by atomic mass is 32.2. The van der Waals surface area contributed by atoms with Gasteiger partial charge in [0.2, 0.25) is 0 Å². The standard InChI is InChI=1S/C20H28O4S/c1-19-5-3-13(22)9-12(19)10-16(25-8-7-21)17-14(19)4-6-20(2)15(17)11-24-18(20)23/h9,14-17,21H,3-8,10-11H2,1-2H3/t14-,15-,16+,17+,19-,20-/m0/s1. The first-order valence-electron chi connectivity index (χ1n) is 9.54. The van der Waals surface area contributed by atoms with Crippen LogP contribution in [0.5, 0.6) is 0 Å². The Bertz CT molecular complexity index is 629. The van der Waals surface area contributed by atoms with Crippen molar-refractivity contribution < 1.29 is 19.4 Å². The van der Waals surface area contributed by atoms with Crippen LogP contribution in [0.3, 0.4) is 0 Å². The summed E-state index contributed by atoms with van der Waals surface area (Å²) in [5.74, 6) is 2.15. The molecule has 0 aromatic heterocycles.